The minimum absolute atomic E-state index is 0.401. The van der Waals surface area contributed by atoms with E-state index in [-0.39, 0.29) is 0 Å². The largest absolute Gasteiger partial charge is 0.493 e. The van der Waals surface area contributed by atoms with Gasteiger partial charge >= 0.3 is 0 Å². The Morgan fingerprint density at radius 1 is 1.41 bits per heavy atom. The molecule has 90 valence electrons. The summed E-state index contributed by atoms with van der Waals surface area (Å²) in [5.41, 5.74) is 1.00. The Kier molecular flexibility index (Phi) is 3.00. The van der Waals surface area contributed by atoms with E-state index in [2.05, 4.69) is 15.9 Å². The van der Waals surface area contributed by atoms with Crippen LogP contribution in [0.25, 0.3) is 4.48 Å². The van der Waals surface area contributed by atoms with Gasteiger partial charge in [0.1, 0.15) is 11.9 Å². The van der Waals surface area contributed by atoms with E-state index in [9.17, 15) is 4.79 Å². The van der Waals surface area contributed by atoms with Gasteiger partial charge in [-0.2, -0.15) is 0 Å². The number of ether oxygens (including phenoxy) is 2. The first-order chi connectivity index (χ1) is 7.96. The minimum Gasteiger partial charge on any atom is -0.493 e. The summed E-state index contributed by atoms with van der Waals surface area (Å²) in [7, 11) is 1.56. The van der Waals surface area contributed by atoms with E-state index in [0.29, 0.717) is 17.1 Å². The van der Waals surface area contributed by atoms with Crippen LogP contribution in [0.15, 0.2) is 18.2 Å². The highest BCUT2D eigenvalue weighted by Gasteiger charge is 2.28. The number of fused-ring (bicyclic) bond motifs is 1. The third-order valence-electron chi connectivity index (χ3n) is 2.53. The van der Waals surface area contributed by atoms with Gasteiger partial charge in [0.2, 0.25) is 0 Å². The number of rotatable bonds is 2. The third kappa shape index (κ3) is 2.22. The molecule has 17 heavy (non-hydrogen) atoms. The Morgan fingerprint density at radius 3 is 2.71 bits per heavy atom. The number of carbonyl (C=O) groups is 1. The third-order valence-corrected chi connectivity index (χ3v) is 3.19. The highest BCUT2D eigenvalue weighted by Crippen LogP contribution is 2.44. The quantitative estimate of drug-likeness (QED) is 0.785. The number of carbonyl (C=O) groups excluding carboxylic acids is 1. The molecule has 0 saturated carbocycles. The number of benzene rings is 1. The van der Waals surface area contributed by atoms with Crippen LogP contribution in [0, 0.1) is 0 Å². The summed E-state index contributed by atoms with van der Waals surface area (Å²) in [6.45, 7) is 3.93. The van der Waals surface area contributed by atoms with Crippen molar-refractivity contribution in [1.29, 1.82) is 0 Å². The van der Waals surface area contributed by atoms with E-state index in [1.165, 1.54) is 0 Å². The van der Waals surface area contributed by atoms with Crippen molar-refractivity contribution in [3.8, 4) is 11.5 Å². The molecule has 0 aliphatic carbocycles. The number of aldehydes is 1. The highest BCUT2D eigenvalue weighted by molar-refractivity contribution is 9.15. The van der Waals surface area contributed by atoms with Crippen LogP contribution in [0.3, 0.4) is 0 Å². The Balaban J connectivity index is 2.66. The van der Waals surface area contributed by atoms with Crippen LogP contribution in [0.5, 0.6) is 11.5 Å². The molecule has 2 rings (SSSR count). The summed E-state index contributed by atoms with van der Waals surface area (Å²) in [4.78, 5) is 10.9. The molecule has 0 unspecified atom stereocenters. The maximum Gasteiger partial charge on any atom is 0.170 e. The molecule has 3 nitrogen and oxygen atoms in total. The number of methoxy groups -OCH3 is 1. The molecule has 1 aromatic rings. The molecular formula is C13H13BrO3. The average molecular weight is 297 g/mol. The van der Waals surface area contributed by atoms with Crippen LogP contribution in [0.4, 0.5) is 0 Å². The maximum atomic E-state index is 10.9. The van der Waals surface area contributed by atoms with E-state index in [4.69, 9.17) is 9.47 Å². The summed E-state index contributed by atoms with van der Waals surface area (Å²) in [6, 6.07) is 3.45. The van der Waals surface area contributed by atoms with Crippen LogP contribution in [-0.2, 0) is 0 Å². The summed E-state index contributed by atoms with van der Waals surface area (Å²) >= 11 is 3.50. The lowest BCUT2D eigenvalue weighted by molar-refractivity contribution is 0.112. The molecule has 0 spiro atoms. The first kappa shape index (κ1) is 12.2. The summed E-state index contributed by atoms with van der Waals surface area (Å²) in [6.07, 6.45) is 2.76. The summed E-state index contributed by atoms with van der Waals surface area (Å²) in [5, 5.41) is 0. The number of hydrogen-bond donors (Lipinski definition) is 0. The van der Waals surface area contributed by atoms with Crippen LogP contribution in [0.2, 0.25) is 0 Å². The van der Waals surface area contributed by atoms with Gasteiger partial charge in [0, 0.05) is 15.6 Å². The van der Waals surface area contributed by atoms with Crippen LogP contribution in [-0.4, -0.2) is 19.0 Å². The zero-order chi connectivity index (χ0) is 12.6. The predicted molar refractivity (Wildman–Crippen MR) is 70.0 cm³/mol. The minimum atomic E-state index is -0.401. The smallest absolute Gasteiger partial charge is 0.170 e. The first-order valence-electron chi connectivity index (χ1n) is 5.22. The zero-order valence-corrected chi connectivity index (χ0v) is 11.5. The predicted octanol–water partition coefficient (Wildman–Crippen LogP) is 3.41. The fraction of sp³-hybridized carbons (Fsp3) is 0.308. The van der Waals surface area contributed by atoms with E-state index in [0.717, 1.165) is 16.3 Å². The SMILES string of the molecule is COc1cc(C=O)cc2c1OC(C)(C)C=C2Br. The van der Waals surface area contributed by atoms with Crippen molar-refractivity contribution < 1.29 is 14.3 Å². The van der Waals surface area contributed by atoms with Crippen molar-refractivity contribution in [2.75, 3.05) is 7.11 Å². The van der Waals surface area contributed by atoms with Gasteiger partial charge in [-0.1, -0.05) is 15.9 Å². The molecule has 0 bridgehead atoms. The Morgan fingerprint density at radius 2 is 2.12 bits per heavy atom. The second-order valence-corrected chi connectivity index (χ2v) is 5.27. The average Bonchev–Trinajstić information content (AvgIpc) is 2.26. The van der Waals surface area contributed by atoms with Crippen molar-refractivity contribution >= 4 is 26.7 Å². The first-order valence-corrected chi connectivity index (χ1v) is 6.01. The van der Waals surface area contributed by atoms with Crippen molar-refractivity contribution in [2.45, 2.75) is 19.4 Å². The molecule has 1 aromatic carbocycles. The molecule has 1 aliphatic heterocycles. The van der Waals surface area contributed by atoms with Crippen molar-refractivity contribution in [3.05, 3.63) is 29.3 Å². The molecule has 0 saturated heterocycles. The fourth-order valence-electron chi connectivity index (χ4n) is 1.80. The van der Waals surface area contributed by atoms with Gasteiger partial charge in [-0.25, -0.2) is 0 Å². The van der Waals surface area contributed by atoms with E-state index >= 15 is 0 Å². The lowest BCUT2D eigenvalue weighted by Gasteiger charge is -2.30. The van der Waals surface area contributed by atoms with Gasteiger partial charge in [0.15, 0.2) is 11.5 Å². The fourth-order valence-corrected chi connectivity index (χ4v) is 2.65. The lowest BCUT2D eigenvalue weighted by Crippen LogP contribution is -2.28. The second kappa shape index (κ2) is 4.18. The van der Waals surface area contributed by atoms with Crippen LogP contribution < -0.4 is 9.47 Å². The Labute approximate surface area is 109 Å². The second-order valence-electron chi connectivity index (χ2n) is 4.42. The molecule has 0 atom stereocenters. The Hall–Kier alpha value is -1.29. The van der Waals surface area contributed by atoms with E-state index in [1.54, 1.807) is 19.2 Å². The summed E-state index contributed by atoms with van der Waals surface area (Å²) in [5.74, 6) is 1.24. The monoisotopic (exact) mass is 296 g/mol. The normalized spacial score (nSPS) is 16.6. The molecule has 0 fully saturated rings. The van der Waals surface area contributed by atoms with Crippen LogP contribution in [0.1, 0.15) is 29.8 Å². The molecular weight excluding hydrogens is 284 g/mol. The van der Waals surface area contributed by atoms with Gasteiger partial charge < -0.3 is 9.47 Å². The van der Waals surface area contributed by atoms with Crippen molar-refractivity contribution in [1.82, 2.24) is 0 Å². The summed E-state index contributed by atoms with van der Waals surface area (Å²) < 4.78 is 12.0. The van der Waals surface area contributed by atoms with Gasteiger partial charge in [-0.15, -0.1) is 0 Å². The van der Waals surface area contributed by atoms with Gasteiger partial charge in [-0.05, 0) is 32.1 Å². The standard InChI is InChI=1S/C13H13BrO3/c1-13(2)6-10(14)9-4-8(7-15)5-11(16-3)12(9)17-13/h4-7H,1-3H3. The van der Waals surface area contributed by atoms with Gasteiger partial charge in [0.05, 0.1) is 7.11 Å². The molecule has 0 radical (unpaired) electrons. The van der Waals surface area contributed by atoms with Gasteiger partial charge in [-0.3, -0.25) is 4.79 Å². The molecule has 0 aromatic heterocycles. The van der Waals surface area contributed by atoms with Gasteiger partial charge in [0.25, 0.3) is 0 Å². The van der Waals surface area contributed by atoms with E-state index in [1.807, 2.05) is 19.9 Å². The molecule has 4 heteroatoms. The highest BCUT2D eigenvalue weighted by atomic mass is 79.9. The van der Waals surface area contributed by atoms with Crippen molar-refractivity contribution in [3.63, 3.8) is 0 Å². The topological polar surface area (TPSA) is 35.5 Å². The molecule has 0 N–H and O–H groups in total. The molecule has 1 heterocycles. The van der Waals surface area contributed by atoms with Crippen molar-refractivity contribution in [2.24, 2.45) is 0 Å². The van der Waals surface area contributed by atoms with E-state index < -0.39 is 5.60 Å². The number of halogens is 1. The molecule has 1 aliphatic rings. The van der Waals surface area contributed by atoms with Crippen LogP contribution >= 0.6 is 15.9 Å². The molecule has 0 amide bonds. The Bertz CT molecular complexity index is 504. The number of hydrogen-bond acceptors (Lipinski definition) is 3. The maximum absolute atomic E-state index is 10.9. The zero-order valence-electron chi connectivity index (χ0n) is 9.91. The lowest BCUT2D eigenvalue weighted by atomic mass is 10.0.